The Bertz CT molecular complexity index is 596. The molecule has 1 aromatic heterocycles. The maximum Gasteiger partial charge on any atom is 0.251 e. The fraction of sp³-hybridized carbons (Fsp3) is 0.143. The summed E-state index contributed by atoms with van der Waals surface area (Å²) in [5.41, 5.74) is 1.93. The van der Waals surface area contributed by atoms with Gasteiger partial charge in [0.2, 0.25) is 0 Å². The summed E-state index contributed by atoms with van der Waals surface area (Å²) in [6, 6.07) is 9.66. The monoisotopic (exact) mass is 322 g/mol. The molecule has 1 N–H and O–H groups in total. The number of aryl methyl sites for hydroxylation is 1. The number of rotatable bonds is 3. The lowest BCUT2D eigenvalue weighted by atomic mass is 10.2. The molecule has 0 saturated carbocycles. The summed E-state index contributed by atoms with van der Waals surface area (Å²) in [7, 11) is 0. The lowest BCUT2D eigenvalue weighted by molar-refractivity contribution is 0.0950. The van der Waals surface area contributed by atoms with Gasteiger partial charge in [0.05, 0.1) is 12.2 Å². The van der Waals surface area contributed by atoms with Gasteiger partial charge in [-0.25, -0.2) is 4.39 Å². The Morgan fingerprint density at radius 3 is 2.84 bits per heavy atom. The van der Waals surface area contributed by atoms with Crippen molar-refractivity contribution in [3.05, 3.63) is 63.6 Å². The highest BCUT2D eigenvalue weighted by Crippen LogP contribution is 2.14. The van der Waals surface area contributed by atoms with Gasteiger partial charge in [-0.3, -0.25) is 9.78 Å². The highest BCUT2D eigenvalue weighted by molar-refractivity contribution is 9.10. The highest BCUT2D eigenvalue weighted by atomic mass is 79.9. The van der Waals surface area contributed by atoms with Gasteiger partial charge in [-0.15, -0.1) is 0 Å². The summed E-state index contributed by atoms with van der Waals surface area (Å²) in [4.78, 5) is 16.2. The zero-order valence-electron chi connectivity index (χ0n) is 10.3. The number of hydrogen-bond donors (Lipinski definition) is 1. The minimum absolute atomic E-state index is 0.277. The van der Waals surface area contributed by atoms with Gasteiger partial charge in [0.1, 0.15) is 5.82 Å². The Morgan fingerprint density at radius 2 is 2.16 bits per heavy atom. The van der Waals surface area contributed by atoms with Crippen LogP contribution in [0.15, 0.2) is 40.9 Å². The number of nitrogens with zero attached hydrogens (tertiary/aromatic N) is 1. The second kappa shape index (κ2) is 5.93. The summed E-state index contributed by atoms with van der Waals surface area (Å²) in [6.07, 6.45) is 0. The minimum atomic E-state index is -0.451. The van der Waals surface area contributed by atoms with Crippen molar-refractivity contribution in [1.82, 2.24) is 10.3 Å². The summed E-state index contributed by atoms with van der Waals surface area (Å²) >= 11 is 3.15. The average Bonchev–Trinajstić information content (AvgIpc) is 2.35. The Kier molecular flexibility index (Phi) is 4.27. The molecule has 0 aliphatic carbocycles. The summed E-state index contributed by atoms with van der Waals surface area (Å²) in [6.45, 7) is 2.20. The maximum absolute atomic E-state index is 13.2. The molecular formula is C14H12BrFN2O. The molecule has 1 amide bonds. The molecule has 5 heteroatoms. The van der Waals surface area contributed by atoms with Gasteiger partial charge in [-0.05, 0) is 37.3 Å². The Morgan fingerprint density at radius 1 is 1.37 bits per heavy atom. The van der Waals surface area contributed by atoms with Crippen molar-refractivity contribution < 1.29 is 9.18 Å². The van der Waals surface area contributed by atoms with Crippen LogP contribution in [0.5, 0.6) is 0 Å². The van der Waals surface area contributed by atoms with Crippen molar-refractivity contribution in [1.29, 1.82) is 0 Å². The van der Waals surface area contributed by atoms with Gasteiger partial charge in [-0.2, -0.15) is 0 Å². The van der Waals surface area contributed by atoms with E-state index in [1.165, 1.54) is 12.1 Å². The number of aromatic nitrogens is 1. The molecule has 0 aliphatic heterocycles. The molecule has 3 nitrogen and oxygen atoms in total. The number of carbonyl (C=O) groups is 1. The Balaban J connectivity index is 2.05. The van der Waals surface area contributed by atoms with Gasteiger partial charge < -0.3 is 5.32 Å². The summed E-state index contributed by atoms with van der Waals surface area (Å²) < 4.78 is 13.7. The van der Waals surface area contributed by atoms with Crippen molar-refractivity contribution in [3.63, 3.8) is 0 Å². The van der Waals surface area contributed by atoms with Crippen molar-refractivity contribution in [2.45, 2.75) is 13.5 Å². The van der Waals surface area contributed by atoms with Crippen LogP contribution in [-0.4, -0.2) is 10.9 Å². The van der Waals surface area contributed by atoms with Crippen molar-refractivity contribution in [2.75, 3.05) is 0 Å². The molecule has 2 aromatic rings. The molecule has 0 saturated heterocycles. The third kappa shape index (κ3) is 3.86. The summed E-state index contributed by atoms with van der Waals surface area (Å²) in [5.74, 6) is -0.781. The first-order valence-electron chi connectivity index (χ1n) is 5.71. The smallest absolute Gasteiger partial charge is 0.251 e. The second-order valence-electron chi connectivity index (χ2n) is 4.11. The fourth-order valence-corrected chi connectivity index (χ4v) is 2.12. The molecule has 1 heterocycles. The number of carbonyl (C=O) groups excluding carboxylic acids is 1. The second-order valence-corrected chi connectivity index (χ2v) is 5.03. The molecular weight excluding hydrogens is 311 g/mol. The van der Waals surface area contributed by atoms with Crippen LogP contribution >= 0.6 is 15.9 Å². The number of hydrogen-bond acceptors (Lipinski definition) is 2. The Hall–Kier alpha value is -1.75. The van der Waals surface area contributed by atoms with E-state index in [4.69, 9.17) is 0 Å². The third-order valence-corrected chi connectivity index (χ3v) is 2.96. The normalized spacial score (nSPS) is 10.3. The van der Waals surface area contributed by atoms with E-state index in [0.717, 1.165) is 11.4 Å². The largest absolute Gasteiger partial charge is 0.346 e. The van der Waals surface area contributed by atoms with Gasteiger partial charge >= 0.3 is 0 Å². The van der Waals surface area contributed by atoms with Crippen LogP contribution < -0.4 is 5.32 Å². The van der Waals surface area contributed by atoms with Crippen LogP contribution in [-0.2, 0) is 6.54 Å². The van der Waals surface area contributed by atoms with Crippen LogP contribution in [0.2, 0.25) is 0 Å². The van der Waals surface area contributed by atoms with E-state index in [0.29, 0.717) is 11.0 Å². The van der Waals surface area contributed by atoms with Gasteiger partial charge in [0, 0.05) is 15.7 Å². The number of benzene rings is 1. The van der Waals surface area contributed by atoms with Crippen molar-refractivity contribution in [2.24, 2.45) is 0 Å². The number of nitrogens with one attached hydrogen (secondary N) is 1. The number of amides is 1. The van der Waals surface area contributed by atoms with E-state index in [-0.39, 0.29) is 11.5 Å². The first-order valence-corrected chi connectivity index (χ1v) is 6.51. The summed E-state index contributed by atoms with van der Waals surface area (Å²) in [5, 5.41) is 2.71. The van der Waals surface area contributed by atoms with Crippen molar-refractivity contribution >= 4 is 21.8 Å². The Labute approximate surface area is 119 Å². The van der Waals surface area contributed by atoms with E-state index in [2.05, 4.69) is 26.2 Å². The van der Waals surface area contributed by atoms with Gasteiger partial charge in [0.25, 0.3) is 5.91 Å². The van der Waals surface area contributed by atoms with Crippen LogP contribution in [0.25, 0.3) is 0 Å². The van der Waals surface area contributed by atoms with Crippen LogP contribution in [0.4, 0.5) is 4.39 Å². The molecule has 0 aliphatic rings. The lowest BCUT2D eigenvalue weighted by Crippen LogP contribution is -2.23. The van der Waals surface area contributed by atoms with E-state index < -0.39 is 5.82 Å². The SMILES string of the molecule is Cc1cccc(CNC(=O)c2cc(F)cc(Br)c2)n1. The van der Waals surface area contributed by atoms with E-state index >= 15 is 0 Å². The molecule has 19 heavy (non-hydrogen) atoms. The predicted molar refractivity (Wildman–Crippen MR) is 74.2 cm³/mol. The van der Waals surface area contributed by atoms with Gasteiger partial charge in [-0.1, -0.05) is 22.0 Å². The first kappa shape index (κ1) is 13.7. The van der Waals surface area contributed by atoms with E-state index in [1.807, 2.05) is 25.1 Å². The predicted octanol–water partition coefficient (Wildman–Crippen LogP) is 3.22. The van der Waals surface area contributed by atoms with Gasteiger partial charge in [0.15, 0.2) is 0 Å². The molecule has 0 atom stereocenters. The highest BCUT2D eigenvalue weighted by Gasteiger charge is 2.08. The quantitative estimate of drug-likeness (QED) is 0.942. The van der Waals surface area contributed by atoms with Crippen molar-refractivity contribution in [3.8, 4) is 0 Å². The molecule has 0 spiro atoms. The standard InChI is InChI=1S/C14H12BrFN2O/c1-9-3-2-4-13(18-9)8-17-14(19)10-5-11(15)7-12(16)6-10/h2-7H,8H2,1H3,(H,17,19). The molecule has 0 bridgehead atoms. The molecule has 0 fully saturated rings. The molecule has 2 rings (SSSR count). The minimum Gasteiger partial charge on any atom is -0.346 e. The zero-order chi connectivity index (χ0) is 13.8. The zero-order valence-corrected chi connectivity index (χ0v) is 11.9. The third-order valence-electron chi connectivity index (χ3n) is 2.50. The number of halogens is 2. The van der Waals surface area contributed by atoms with E-state index in [1.54, 1.807) is 6.07 Å². The molecule has 0 unspecified atom stereocenters. The maximum atomic E-state index is 13.2. The molecule has 0 radical (unpaired) electrons. The molecule has 1 aromatic carbocycles. The van der Waals surface area contributed by atoms with E-state index in [9.17, 15) is 9.18 Å². The topological polar surface area (TPSA) is 42.0 Å². The first-order chi connectivity index (χ1) is 9.04. The van der Waals surface area contributed by atoms with Crippen LogP contribution in [0.3, 0.4) is 0 Å². The van der Waals surface area contributed by atoms with Crippen LogP contribution in [0, 0.1) is 12.7 Å². The lowest BCUT2D eigenvalue weighted by Gasteiger charge is -2.06. The van der Waals surface area contributed by atoms with Crippen LogP contribution in [0.1, 0.15) is 21.7 Å². The number of pyridine rings is 1. The average molecular weight is 323 g/mol. The molecule has 98 valence electrons. The fourth-order valence-electron chi connectivity index (χ4n) is 1.66.